The highest BCUT2D eigenvalue weighted by atomic mass is 19.1. The second kappa shape index (κ2) is 7.43. The summed E-state index contributed by atoms with van der Waals surface area (Å²) < 4.78 is 13.8. The van der Waals surface area contributed by atoms with Crippen LogP contribution in [-0.2, 0) is 18.0 Å². The van der Waals surface area contributed by atoms with Gasteiger partial charge in [-0.05, 0) is 37.1 Å². The molecule has 0 bridgehead atoms. The Morgan fingerprint density at radius 1 is 1.23 bits per heavy atom. The predicted octanol–water partition coefficient (Wildman–Crippen LogP) is 2.45. The Kier molecular flexibility index (Phi) is 5.06. The Labute approximate surface area is 149 Å². The summed E-state index contributed by atoms with van der Waals surface area (Å²) in [6, 6.07) is 12.2. The number of carbonyl (C=O) groups is 1. The maximum atomic E-state index is 12.8. The van der Waals surface area contributed by atoms with Crippen LogP contribution in [0.2, 0.25) is 0 Å². The Hall–Kier alpha value is -3.09. The van der Waals surface area contributed by atoms with Gasteiger partial charge in [-0.25, -0.2) is 9.07 Å². The number of fused-ring (bicyclic) bond motifs is 1. The molecule has 0 fully saturated rings. The Morgan fingerprint density at radius 2 is 1.96 bits per heavy atom. The van der Waals surface area contributed by atoms with Crippen molar-refractivity contribution >= 4 is 16.8 Å². The van der Waals surface area contributed by atoms with Gasteiger partial charge in [0, 0.05) is 0 Å². The molecule has 0 aliphatic rings. The minimum absolute atomic E-state index is 0.203. The Morgan fingerprint density at radius 3 is 2.65 bits per heavy atom. The van der Waals surface area contributed by atoms with Crippen LogP contribution in [0.3, 0.4) is 0 Å². The lowest BCUT2D eigenvalue weighted by atomic mass is 10.1. The molecule has 7 heteroatoms. The number of hydrogen-bond acceptors (Lipinski definition) is 4. The highest BCUT2D eigenvalue weighted by Gasteiger charge is 2.13. The molecule has 0 saturated carbocycles. The zero-order chi connectivity index (χ0) is 18.7. The minimum atomic E-state index is -0.674. The lowest BCUT2D eigenvalue weighted by Gasteiger charge is -2.15. The van der Waals surface area contributed by atoms with E-state index >= 15 is 0 Å². The molecular weight excluding hydrogens is 335 g/mol. The fourth-order valence-electron chi connectivity index (χ4n) is 2.67. The second-order valence-electron chi connectivity index (χ2n) is 6.24. The number of nitrogens with zero attached hydrogens (tertiary/aromatic N) is 3. The third-order valence-electron chi connectivity index (χ3n) is 4.19. The van der Waals surface area contributed by atoms with E-state index in [1.165, 1.54) is 6.07 Å². The maximum Gasteiger partial charge on any atom is 0.278 e. The molecule has 3 rings (SSSR count). The molecule has 1 aromatic heterocycles. The molecule has 0 aliphatic heterocycles. The zero-order valence-electron chi connectivity index (χ0n) is 14.6. The van der Waals surface area contributed by atoms with Gasteiger partial charge in [0.2, 0.25) is 5.91 Å². The van der Waals surface area contributed by atoms with Gasteiger partial charge < -0.3 is 5.32 Å². The highest BCUT2D eigenvalue weighted by Crippen LogP contribution is 2.13. The van der Waals surface area contributed by atoms with Crippen molar-refractivity contribution in [2.75, 3.05) is 0 Å². The van der Waals surface area contributed by atoms with E-state index in [2.05, 4.69) is 15.6 Å². The van der Waals surface area contributed by atoms with Gasteiger partial charge in [0.05, 0.1) is 11.4 Å². The number of hydrogen-bond donors (Lipinski definition) is 1. The molecule has 2 aromatic carbocycles. The quantitative estimate of drug-likeness (QED) is 0.763. The predicted molar refractivity (Wildman–Crippen MR) is 96.3 cm³/mol. The number of carbonyl (C=O) groups excluding carboxylic acids is 1. The van der Waals surface area contributed by atoms with E-state index in [1.54, 1.807) is 12.1 Å². The van der Waals surface area contributed by atoms with Crippen molar-refractivity contribution in [3.8, 4) is 0 Å². The van der Waals surface area contributed by atoms with Crippen molar-refractivity contribution in [1.82, 2.24) is 20.3 Å². The lowest BCUT2D eigenvalue weighted by molar-refractivity contribution is -0.122. The molecule has 0 saturated heterocycles. The minimum Gasteiger partial charge on any atom is -0.348 e. The van der Waals surface area contributed by atoms with Gasteiger partial charge in [0.25, 0.3) is 5.56 Å². The summed E-state index contributed by atoms with van der Waals surface area (Å²) >= 11 is 0. The van der Waals surface area contributed by atoms with Crippen LogP contribution in [0.5, 0.6) is 0 Å². The third-order valence-corrected chi connectivity index (χ3v) is 4.19. The molecule has 1 amide bonds. The topological polar surface area (TPSA) is 76.9 Å². The van der Waals surface area contributed by atoms with Crippen molar-refractivity contribution in [2.24, 2.45) is 0 Å². The first-order chi connectivity index (χ1) is 12.5. The summed E-state index contributed by atoms with van der Waals surface area (Å²) in [6.45, 7) is 2.93. The van der Waals surface area contributed by atoms with E-state index in [1.807, 2.05) is 38.1 Å². The molecule has 0 aliphatic carbocycles. The SMILES string of the molecule is Cc1ccc(C(C)NC(=O)Cn2nnc3ccc(CF)cc3c2=O)cc1. The zero-order valence-corrected chi connectivity index (χ0v) is 14.6. The van der Waals surface area contributed by atoms with Gasteiger partial charge in [0.15, 0.2) is 0 Å². The van der Waals surface area contributed by atoms with E-state index in [-0.39, 0.29) is 23.9 Å². The summed E-state index contributed by atoms with van der Waals surface area (Å²) in [5, 5.41) is 10.8. The van der Waals surface area contributed by atoms with Crippen LogP contribution in [0.4, 0.5) is 4.39 Å². The monoisotopic (exact) mass is 354 g/mol. The van der Waals surface area contributed by atoms with Gasteiger partial charge >= 0.3 is 0 Å². The molecule has 134 valence electrons. The Balaban J connectivity index is 1.77. The largest absolute Gasteiger partial charge is 0.348 e. The molecule has 26 heavy (non-hydrogen) atoms. The number of halogens is 1. The summed E-state index contributed by atoms with van der Waals surface area (Å²) in [7, 11) is 0. The van der Waals surface area contributed by atoms with Crippen LogP contribution in [0.1, 0.15) is 29.7 Å². The number of benzene rings is 2. The van der Waals surface area contributed by atoms with Crippen LogP contribution in [0, 0.1) is 6.92 Å². The fraction of sp³-hybridized carbons (Fsp3) is 0.263. The molecule has 1 N–H and O–H groups in total. The normalized spacial score (nSPS) is 12.1. The van der Waals surface area contributed by atoms with Gasteiger partial charge in [-0.3, -0.25) is 9.59 Å². The molecular formula is C19H19FN4O2. The number of aromatic nitrogens is 3. The number of alkyl halides is 1. The van der Waals surface area contributed by atoms with E-state index < -0.39 is 12.2 Å². The average molecular weight is 354 g/mol. The average Bonchev–Trinajstić information content (AvgIpc) is 2.64. The van der Waals surface area contributed by atoms with Crippen LogP contribution >= 0.6 is 0 Å². The van der Waals surface area contributed by atoms with Crippen molar-refractivity contribution in [3.05, 3.63) is 69.5 Å². The summed E-state index contributed by atoms with van der Waals surface area (Å²) in [6.07, 6.45) is 0. The van der Waals surface area contributed by atoms with Crippen LogP contribution in [-0.4, -0.2) is 20.9 Å². The summed E-state index contributed by atoms with van der Waals surface area (Å²) in [5.41, 5.74) is 2.39. The summed E-state index contributed by atoms with van der Waals surface area (Å²) in [5.74, 6) is -0.351. The van der Waals surface area contributed by atoms with E-state index in [4.69, 9.17) is 0 Å². The van der Waals surface area contributed by atoms with Crippen LogP contribution < -0.4 is 10.9 Å². The third kappa shape index (κ3) is 3.77. The van der Waals surface area contributed by atoms with Crippen molar-refractivity contribution in [1.29, 1.82) is 0 Å². The molecule has 1 unspecified atom stereocenters. The van der Waals surface area contributed by atoms with Crippen molar-refractivity contribution < 1.29 is 9.18 Å². The van der Waals surface area contributed by atoms with Gasteiger partial charge in [-0.2, -0.15) is 0 Å². The van der Waals surface area contributed by atoms with Gasteiger partial charge in [0.1, 0.15) is 18.7 Å². The number of rotatable bonds is 5. The molecule has 0 radical (unpaired) electrons. The number of nitrogens with one attached hydrogen (secondary N) is 1. The van der Waals surface area contributed by atoms with E-state index in [0.29, 0.717) is 11.1 Å². The number of aryl methyl sites for hydroxylation is 1. The van der Waals surface area contributed by atoms with Crippen LogP contribution in [0.25, 0.3) is 10.9 Å². The highest BCUT2D eigenvalue weighted by molar-refractivity contribution is 5.79. The van der Waals surface area contributed by atoms with E-state index in [0.717, 1.165) is 15.8 Å². The van der Waals surface area contributed by atoms with E-state index in [9.17, 15) is 14.0 Å². The molecule has 3 aromatic rings. The van der Waals surface area contributed by atoms with Crippen LogP contribution in [0.15, 0.2) is 47.3 Å². The first-order valence-electron chi connectivity index (χ1n) is 8.26. The van der Waals surface area contributed by atoms with Crippen molar-refractivity contribution in [2.45, 2.75) is 33.1 Å². The first kappa shape index (κ1) is 17.7. The number of amides is 1. The van der Waals surface area contributed by atoms with Gasteiger partial charge in [-0.15, -0.1) is 5.10 Å². The Bertz CT molecular complexity index is 999. The van der Waals surface area contributed by atoms with Crippen molar-refractivity contribution in [3.63, 3.8) is 0 Å². The maximum absolute atomic E-state index is 12.8. The lowest BCUT2D eigenvalue weighted by Crippen LogP contribution is -2.35. The standard InChI is InChI=1S/C19H19FN4O2/c1-12-3-6-15(7-4-12)13(2)21-18(25)11-24-19(26)16-9-14(10-20)5-8-17(16)22-23-24/h3-9,13H,10-11H2,1-2H3,(H,21,25). The second-order valence-corrected chi connectivity index (χ2v) is 6.24. The first-order valence-corrected chi connectivity index (χ1v) is 8.26. The molecule has 6 nitrogen and oxygen atoms in total. The fourth-order valence-corrected chi connectivity index (χ4v) is 2.67. The smallest absolute Gasteiger partial charge is 0.278 e. The molecule has 1 atom stereocenters. The van der Waals surface area contributed by atoms with Gasteiger partial charge in [-0.1, -0.05) is 41.1 Å². The summed E-state index contributed by atoms with van der Waals surface area (Å²) in [4.78, 5) is 24.8. The molecule has 1 heterocycles. The molecule has 0 spiro atoms.